The molecule has 142 valence electrons. The highest BCUT2D eigenvalue weighted by atomic mass is 32.2. The van der Waals surface area contributed by atoms with Crippen LogP contribution in [0.3, 0.4) is 0 Å². The summed E-state index contributed by atoms with van der Waals surface area (Å²) in [6, 6.07) is 6.16. The molecule has 1 heterocycles. The van der Waals surface area contributed by atoms with Crippen LogP contribution in [0, 0.1) is 0 Å². The Morgan fingerprint density at radius 2 is 1.81 bits per heavy atom. The second-order valence-corrected chi connectivity index (χ2v) is 8.33. The number of ether oxygens (including phenoxy) is 1. The fourth-order valence-corrected chi connectivity index (χ4v) is 4.64. The summed E-state index contributed by atoms with van der Waals surface area (Å²) in [4.78, 5) is 14.3. The summed E-state index contributed by atoms with van der Waals surface area (Å²) in [5.74, 6) is -0.259. The average molecular weight is 378 g/mol. The number of nitrogens with zero attached hydrogens (tertiary/aromatic N) is 2. The van der Waals surface area contributed by atoms with E-state index in [4.69, 9.17) is 4.74 Å². The summed E-state index contributed by atoms with van der Waals surface area (Å²) in [7, 11) is -3.69. The smallest absolute Gasteiger partial charge is 0.254 e. The highest BCUT2D eigenvalue weighted by molar-refractivity contribution is 7.89. The summed E-state index contributed by atoms with van der Waals surface area (Å²) < 4.78 is 33.0. The van der Waals surface area contributed by atoms with Gasteiger partial charge in [0.15, 0.2) is 0 Å². The van der Waals surface area contributed by atoms with Gasteiger partial charge in [0.2, 0.25) is 10.0 Å². The van der Waals surface area contributed by atoms with Gasteiger partial charge in [0.05, 0.1) is 17.1 Å². The van der Waals surface area contributed by atoms with Crippen LogP contribution in [-0.4, -0.2) is 61.9 Å². The Kier molecular flexibility index (Phi) is 6.75. The number of rotatable bonds is 7. The van der Waals surface area contributed by atoms with Crippen molar-refractivity contribution in [2.45, 2.75) is 31.0 Å². The minimum absolute atomic E-state index is 0.113. The minimum Gasteiger partial charge on any atom is -0.373 e. The van der Waals surface area contributed by atoms with E-state index in [1.807, 2.05) is 13.8 Å². The second-order valence-electron chi connectivity index (χ2n) is 6.39. The van der Waals surface area contributed by atoms with E-state index in [9.17, 15) is 13.2 Å². The van der Waals surface area contributed by atoms with Crippen molar-refractivity contribution in [2.24, 2.45) is 0 Å². The number of carbonyl (C=O) groups is 1. The maximum absolute atomic E-state index is 13.0. The van der Waals surface area contributed by atoms with E-state index in [0.717, 1.165) is 0 Å². The third-order valence-corrected chi connectivity index (χ3v) is 5.92. The molecule has 1 saturated heterocycles. The number of hydrogen-bond acceptors (Lipinski definition) is 4. The van der Waals surface area contributed by atoms with E-state index in [1.54, 1.807) is 29.2 Å². The van der Waals surface area contributed by atoms with Crippen molar-refractivity contribution < 1.29 is 17.9 Å². The summed E-state index contributed by atoms with van der Waals surface area (Å²) in [5.41, 5.74) is 0.323. The molecule has 0 saturated carbocycles. The quantitative estimate of drug-likeness (QED) is 0.683. The maximum Gasteiger partial charge on any atom is 0.254 e. The molecule has 0 N–H and O–H groups in total. The number of morpholine rings is 1. The third kappa shape index (κ3) is 4.60. The molecule has 6 nitrogen and oxygen atoms in total. The molecule has 2 rings (SSSR count). The number of carbonyl (C=O) groups excluding carboxylic acids is 1. The Labute approximate surface area is 155 Å². The lowest BCUT2D eigenvalue weighted by Crippen LogP contribution is -2.48. The lowest BCUT2D eigenvalue weighted by Gasteiger charge is -2.34. The van der Waals surface area contributed by atoms with E-state index in [1.165, 1.54) is 16.4 Å². The second kappa shape index (κ2) is 8.62. The first kappa shape index (κ1) is 20.4. The molecule has 0 aliphatic carbocycles. The van der Waals surface area contributed by atoms with E-state index < -0.39 is 10.0 Å². The van der Waals surface area contributed by atoms with Gasteiger partial charge in [-0.25, -0.2) is 8.42 Å². The monoisotopic (exact) mass is 378 g/mol. The molecular formula is C19H26N2O4S. The van der Waals surface area contributed by atoms with Crippen LogP contribution >= 0.6 is 0 Å². The predicted molar refractivity (Wildman–Crippen MR) is 102 cm³/mol. The van der Waals surface area contributed by atoms with Gasteiger partial charge in [-0.15, -0.1) is 13.2 Å². The molecular weight excluding hydrogens is 352 g/mol. The van der Waals surface area contributed by atoms with Crippen molar-refractivity contribution in [1.29, 1.82) is 0 Å². The molecule has 26 heavy (non-hydrogen) atoms. The molecule has 1 aliphatic rings. The van der Waals surface area contributed by atoms with Crippen molar-refractivity contribution in [2.75, 3.05) is 26.2 Å². The summed E-state index contributed by atoms with van der Waals surface area (Å²) in [6.45, 7) is 12.3. The van der Waals surface area contributed by atoms with Gasteiger partial charge in [-0.05, 0) is 32.0 Å². The molecule has 0 radical (unpaired) electrons. The lowest BCUT2D eigenvalue weighted by molar-refractivity contribution is -0.0440. The zero-order chi connectivity index (χ0) is 19.3. The molecule has 0 spiro atoms. The highest BCUT2D eigenvalue weighted by Gasteiger charge is 2.32. The summed E-state index contributed by atoms with van der Waals surface area (Å²) in [6.07, 6.45) is 2.90. The molecule has 2 atom stereocenters. The van der Waals surface area contributed by atoms with Gasteiger partial charge >= 0.3 is 0 Å². The van der Waals surface area contributed by atoms with Gasteiger partial charge in [0.25, 0.3) is 5.91 Å². The fourth-order valence-electron chi connectivity index (χ4n) is 3.00. The molecule has 2 unspecified atom stereocenters. The summed E-state index contributed by atoms with van der Waals surface area (Å²) in [5, 5.41) is 0. The van der Waals surface area contributed by atoms with Crippen LogP contribution in [0.5, 0.6) is 0 Å². The van der Waals surface area contributed by atoms with Crippen molar-refractivity contribution in [3.05, 3.63) is 55.1 Å². The van der Waals surface area contributed by atoms with Crippen LogP contribution in [0.4, 0.5) is 0 Å². The van der Waals surface area contributed by atoms with Crippen molar-refractivity contribution in [1.82, 2.24) is 9.21 Å². The van der Waals surface area contributed by atoms with Crippen molar-refractivity contribution in [3.63, 3.8) is 0 Å². The predicted octanol–water partition coefficient (Wildman–Crippen LogP) is 2.30. The molecule has 1 amide bonds. The lowest BCUT2D eigenvalue weighted by atomic mass is 10.2. The van der Waals surface area contributed by atoms with Gasteiger partial charge in [0.1, 0.15) is 0 Å². The zero-order valence-electron chi connectivity index (χ0n) is 15.3. The zero-order valence-corrected chi connectivity index (χ0v) is 16.1. The van der Waals surface area contributed by atoms with Crippen LogP contribution in [0.25, 0.3) is 0 Å². The SMILES string of the molecule is C=CCN(CC=C)C(=O)c1cccc(S(=O)(=O)N2CC(C)OC(C)C2)c1. The standard InChI is InChI=1S/C19H26N2O4S/c1-5-10-20(11-6-2)19(22)17-8-7-9-18(12-17)26(23,24)21-13-15(3)25-16(4)14-21/h5-9,12,15-16H,1-2,10-11,13-14H2,3-4H3. The number of amides is 1. The van der Waals surface area contributed by atoms with Gasteiger partial charge in [-0.1, -0.05) is 18.2 Å². The Balaban J connectivity index is 2.31. The number of benzene rings is 1. The largest absolute Gasteiger partial charge is 0.373 e. The van der Waals surface area contributed by atoms with Gasteiger partial charge in [-0.3, -0.25) is 4.79 Å². The van der Waals surface area contributed by atoms with Crippen molar-refractivity contribution >= 4 is 15.9 Å². The Morgan fingerprint density at radius 3 is 2.35 bits per heavy atom. The van der Waals surface area contributed by atoms with Crippen LogP contribution in [0.15, 0.2) is 54.5 Å². The van der Waals surface area contributed by atoms with E-state index >= 15 is 0 Å². The van der Waals surface area contributed by atoms with Crippen LogP contribution in [0.1, 0.15) is 24.2 Å². The summed E-state index contributed by atoms with van der Waals surface area (Å²) >= 11 is 0. The van der Waals surface area contributed by atoms with E-state index in [2.05, 4.69) is 13.2 Å². The molecule has 1 aliphatic heterocycles. The van der Waals surface area contributed by atoms with E-state index in [-0.39, 0.29) is 23.0 Å². The molecule has 1 fully saturated rings. The number of hydrogen-bond donors (Lipinski definition) is 0. The van der Waals surface area contributed by atoms with Crippen LogP contribution in [-0.2, 0) is 14.8 Å². The molecule has 0 aromatic heterocycles. The van der Waals surface area contributed by atoms with Gasteiger partial charge in [-0.2, -0.15) is 4.31 Å². The van der Waals surface area contributed by atoms with Gasteiger partial charge in [0, 0.05) is 31.7 Å². The minimum atomic E-state index is -3.69. The number of sulfonamides is 1. The first-order chi connectivity index (χ1) is 12.3. The Bertz CT molecular complexity index is 755. The Hall–Kier alpha value is -1.96. The van der Waals surface area contributed by atoms with Crippen LogP contribution in [0.2, 0.25) is 0 Å². The van der Waals surface area contributed by atoms with Crippen LogP contribution < -0.4 is 0 Å². The fraction of sp³-hybridized carbons (Fsp3) is 0.421. The molecule has 0 bridgehead atoms. The van der Waals surface area contributed by atoms with Crippen molar-refractivity contribution in [3.8, 4) is 0 Å². The molecule has 1 aromatic carbocycles. The Morgan fingerprint density at radius 1 is 1.23 bits per heavy atom. The van der Waals surface area contributed by atoms with Gasteiger partial charge < -0.3 is 9.64 Å². The average Bonchev–Trinajstić information content (AvgIpc) is 2.60. The first-order valence-electron chi connectivity index (χ1n) is 8.56. The maximum atomic E-state index is 13.0. The normalized spacial score (nSPS) is 21.2. The first-order valence-corrected chi connectivity index (χ1v) is 10.00. The highest BCUT2D eigenvalue weighted by Crippen LogP contribution is 2.22. The molecule has 7 heteroatoms. The molecule has 1 aromatic rings. The third-order valence-electron chi connectivity index (χ3n) is 4.09. The topological polar surface area (TPSA) is 66.9 Å². The van der Waals surface area contributed by atoms with E-state index in [0.29, 0.717) is 31.7 Å².